The van der Waals surface area contributed by atoms with Crippen molar-refractivity contribution in [2.24, 2.45) is 0 Å². The van der Waals surface area contributed by atoms with E-state index in [0.29, 0.717) is 12.2 Å². The van der Waals surface area contributed by atoms with Crippen LogP contribution in [0.5, 0.6) is 0 Å². The zero-order chi connectivity index (χ0) is 12.1. The Kier molecular flexibility index (Phi) is 2.98. The highest BCUT2D eigenvalue weighted by atomic mass is 28.4. The summed E-state index contributed by atoms with van der Waals surface area (Å²) in [7, 11) is -1.76. The van der Waals surface area contributed by atoms with E-state index in [1.165, 1.54) is 0 Å². The van der Waals surface area contributed by atoms with Gasteiger partial charge in [0.05, 0.1) is 24.4 Å². The minimum Gasteiger partial charge on any atom is -0.411 e. The first-order chi connectivity index (χ1) is 7.21. The summed E-state index contributed by atoms with van der Waals surface area (Å²) in [5, 5.41) is 10.2. The summed E-state index contributed by atoms with van der Waals surface area (Å²) < 4.78 is 11.7. The van der Waals surface area contributed by atoms with E-state index in [9.17, 15) is 5.11 Å². The minimum atomic E-state index is -1.76. The van der Waals surface area contributed by atoms with Crippen molar-refractivity contribution >= 4 is 8.32 Å². The third-order valence-electron chi connectivity index (χ3n) is 4.31. The quantitative estimate of drug-likeness (QED) is 0.598. The fourth-order valence-electron chi connectivity index (χ4n) is 2.05. The van der Waals surface area contributed by atoms with E-state index in [1.54, 1.807) is 0 Å². The molecule has 1 aliphatic carbocycles. The number of epoxide rings is 1. The summed E-state index contributed by atoms with van der Waals surface area (Å²) >= 11 is 0. The summed E-state index contributed by atoms with van der Waals surface area (Å²) in [5.74, 6) is 0. The Morgan fingerprint density at radius 1 is 1.19 bits per heavy atom. The Hall–Kier alpha value is 0.0969. The van der Waals surface area contributed by atoms with Crippen molar-refractivity contribution in [2.75, 3.05) is 0 Å². The van der Waals surface area contributed by atoms with Crippen molar-refractivity contribution in [2.45, 2.75) is 76.2 Å². The molecule has 0 aromatic carbocycles. The SMILES string of the molecule is CC(C)(C)[Si](C)(C)O[C@H]1C[C@@H]2O[C@@H]2C[C@H]1O. The molecule has 2 fully saturated rings. The predicted molar refractivity (Wildman–Crippen MR) is 66.0 cm³/mol. The average molecular weight is 244 g/mol. The van der Waals surface area contributed by atoms with E-state index in [0.717, 1.165) is 12.8 Å². The minimum absolute atomic E-state index is 0.00959. The van der Waals surface area contributed by atoms with Crippen LogP contribution in [0, 0.1) is 0 Å². The first-order valence-electron chi connectivity index (χ1n) is 6.22. The Labute approximate surface area is 99.3 Å². The maximum atomic E-state index is 10.0. The van der Waals surface area contributed by atoms with Gasteiger partial charge in [-0.25, -0.2) is 0 Å². The molecule has 0 bridgehead atoms. The Morgan fingerprint density at radius 3 is 2.31 bits per heavy atom. The van der Waals surface area contributed by atoms with Gasteiger partial charge in [-0.1, -0.05) is 20.8 Å². The monoisotopic (exact) mass is 244 g/mol. The number of fused-ring (bicyclic) bond motifs is 1. The van der Waals surface area contributed by atoms with Gasteiger partial charge in [0.2, 0.25) is 0 Å². The molecule has 0 aromatic rings. The highest BCUT2D eigenvalue weighted by Crippen LogP contribution is 2.42. The standard InChI is InChI=1S/C12H24O3Si/c1-12(2,3)16(4,5)15-9-7-11-10(14-11)6-8(9)13/h8-11,13H,6-7H2,1-5H3/t8-,9+,10-,11+/m1/s1. The molecule has 3 nitrogen and oxygen atoms in total. The number of rotatable bonds is 2. The molecule has 0 radical (unpaired) electrons. The number of ether oxygens (including phenoxy) is 1. The summed E-state index contributed by atoms with van der Waals surface area (Å²) in [6.45, 7) is 11.2. The number of aliphatic hydroxyl groups is 1. The van der Waals surface area contributed by atoms with E-state index in [4.69, 9.17) is 9.16 Å². The molecule has 1 saturated heterocycles. The van der Waals surface area contributed by atoms with Crippen molar-refractivity contribution in [1.29, 1.82) is 0 Å². The summed E-state index contributed by atoms with van der Waals surface area (Å²) in [6.07, 6.45) is 1.96. The third-order valence-corrected chi connectivity index (χ3v) is 8.81. The Bertz CT molecular complexity index is 272. The lowest BCUT2D eigenvalue weighted by molar-refractivity contribution is 0.00762. The number of hydrogen-bond donors (Lipinski definition) is 1. The summed E-state index contributed by atoms with van der Waals surface area (Å²) in [4.78, 5) is 0. The van der Waals surface area contributed by atoms with Crippen LogP contribution in [-0.2, 0) is 9.16 Å². The maximum absolute atomic E-state index is 10.0. The van der Waals surface area contributed by atoms with E-state index in [1.807, 2.05) is 0 Å². The molecule has 2 rings (SSSR count). The lowest BCUT2D eigenvalue weighted by atomic mass is 9.95. The molecule has 2 aliphatic rings. The average Bonchev–Trinajstić information content (AvgIpc) is 2.80. The number of hydrogen-bond acceptors (Lipinski definition) is 3. The zero-order valence-electron chi connectivity index (χ0n) is 11.0. The second kappa shape index (κ2) is 3.80. The molecular weight excluding hydrogens is 220 g/mol. The van der Waals surface area contributed by atoms with Gasteiger partial charge in [0.1, 0.15) is 0 Å². The zero-order valence-corrected chi connectivity index (χ0v) is 12.0. The highest BCUT2D eigenvalue weighted by molar-refractivity contribution is 6.74. The lowest BCUT2D eigenvalue weighted by Gasteiger charge is -2.41. The van der Waals surface area contributed by atoms with Crippen LogP contribution in [0.4, 0.5) is 0 Å². The molecule has 0 amide bonds. The molecule has 0 aromatic heterocycles. The molecule has 94 valence electrons. The molecule has 4 atom stereocenters. The molecule has 1 heterocycles. The fraction of sp³-hybridized carbons (Fsp3) is 1.00. The van der Waals surface area contributed by atoms with Gasteiger partial charge in [-0.05, 0) is 18.1 Å². The van der Waals surface area contributed by atoms with Gasteiger partial charge in [-0.15, -0.1) is 0 Å². The van der Waals surface area contributed by atoms with Crippen LogP contribution in [0.25, 0.3) is 0 Å². The smallest absolute Gasteiger partial charge is 0.192 e. The van der Waals surface area contributed by atoms with Gasteiger partial charge in [0.15, 0.2) is 8.32 Å². The van der Waals surface area contributed by atoms with Crippen LogP contribution < -0.4 is 0 Å². The lowest BCUT2D eigenvalue weighted by Crippen LogP contribution is -2.48. The maximum Gasteiger partial charge on any atom is 0.192 e. The van der Waals surface area contributed by atoms with Gasteiger partial charge in [-0.2, -0.15) is 0 Å². The molecule has 1 saturated carbocycles. The second-order valence-corrected chi connectivity index (χ2v) is 11.4. The predicted octanol–water partition coefficient (Wildman–Crippen LogP) is 2.30. The first kappa shape index (κ1) is 12.6. The van der Waals surface area contributed by atoms with Crippen molar-refractivity contribution in [3.05, 3.63) is 0 Å². The van der Waals surface area contributed by atoms with E-state index in [2.05, 4.69) is 33.9 Å². The van der Waals surface area contributed by atoms with Gasteiger partial charge < -0.3 is 14.3 Å². The van der Waals surface area contributed by atoms with Crippen LogP contribution in [0.2, 0.25) is 18.1 Å². The van der Waals surface area contributed by atoms with Crippen LogP contribution in [0.15, 0.2) is 0 Å². The van der Waals surface area contributed by atoms with E-state index in [-0.39, 0.29) is 17.2 Å². The highest BCUT2D eigenvalue weighted by Gasteiger charge is 2.50. The van der Waals surface area contributed by atoms with Crippen molar-refractivity contribution in [3.8, 4) is 0 Å². The van der Waals surface area contributed by atoms with Crippen LogP contribution in [0.1, 0.15) is 33.6 Å². The molecular formula is C12H24O3Si. The van der Waals surface area contributed by atoms with Crippen LogP contribution in [-0.4, -0.2) is 37.8 Å². The first-order valence-corrected chi connectivity index (χ1v) is 9.13. The summed E-state index contributed by atoms with van der Waals surface area (Å²) in [5.41, 5.74) is 0. The Morgan fingerprint density at radius 2 is 1.75 bits per heavy atom. The van der Waals surface area contributed by atoms with Crippen molar-refractivity contribution in [1.82, 2.24) is 0 Å². The van der Waals surface area contributed by atoms with Crippen LogP contribution in [0.3, 0.4) is 0 Å². The number of aliphatic hydroxyl groups excluding tert-OH is 1. The van der Waals surface area contributed by atoms with Gasteiger partial charge in [0.25, 0.3) is 0 Å². The molecule has 0 spiro atoms. The molecule has 4 heteroatoms. The van der Waals surface area contributed by atoms with Gasteiger partial charge >= 0.3 is 0 Å². The van der Waals surface area contributed by atoms with Gasteiger partial charge in [0, 0.05) is 12.8 Å². The van der Waals surface area contributed by atoms with Crippen molar-refractivity contribution < 1.29 is 14.3 Å². The van der Waals surface area contributed by atoms with Gasteiger partial charge in [-0.3, -0.25) is 0 Å². The normalized spacial score (nSPS) is 39.4. The molecule has 1 aliphatic heterocycles. The topological polar surface area (TPSA) is 42.0 Å². The largest absolute Gasteiger partial charge is 0.411 e. The van der Waals surface area contributed by atoms with E-state index >= 15 is 0 Å². The molecule has 0 unspecified atom stereocenters. The Balaban J connectivity index is 1.98. The summed E-state index contributed by atoms with van der Waals surface area (Å²) in [6, 6.07) is 0. The molecule has 16 heavy (non-hydrogen) atoms. The fourth-order valence-corrected chi connectivity index (χ4v) is 3.42. The van der Waals surface area contributed by atoms with Crippen molar-refractivity contribution in [3.63, 3.8) is 0 Å². The van der Waals surface area contributed by atoms with E-state index < -0.39 is 8.32 Å². The van der Waals surface area contributed by atoms with Crippen LogP contribution >= 0.6 is 0 Å². The second-order valence-electron chi connectivity index (χ2n) is 6.67. The molecule has 1 N–H and O–H groups in total. The third kappa shape index (κ3) is 2.35.